The lowest BCUT2D eigenvalue weighted by Crippen LogP contribution is -2.47. The molecule has 0 spiro atoms. The van der Waals surface area contributed by atoms with Gasteiger partial charge in [-0.1, -0.05) is 57.1 Å². The van der Waals surface area contributed by atoms with Gasteiger partial charge in [-0.25, -0.2) is 4.79 Å². The fourth-order valence-corrected chi connectivity index (χ4v) is 4.09. The molecule has 0 saturated carbocycles. The minimum atomic E-state index is -0.325. The number of rotatable bonds is 6. The predicted molar refractivity (Wildman–Crippen MR) is 114 cm³/mol. The first-order valence-corrected chi connectivity index (χ1v) is 10.7. The molecular weight excluding hydrogens is 364 g/mol. The van der Waals surface area contributed by atoms with Crippen molar-refractivity contribution in [3.05, 3.63) is 47.1 Å². The molecule has 1 aliphatic heterocycles. The Morgan fingerprint density at radius 3 is 2.41 bits per heavy atom. The van der Waals surface area contributed by atoms with E-state index in [1.165, 1.54) is 11.1 Å². The fraction of sp³-hybridized carbons (Fsp3) is 0.609. The lowest BCUT2D eigenvalue weighted by Gasteiger charge is -2.37. The van der Waals surface area contributed by atoms with Crippen LogP contribution in [-0.2, 0) is 24.7 Å². The second-order valence-electron chi connectivity index (χ2n) is 9.39. The molecule has 29 heavy (non-hydrogen) atoms. The van der Waals surface area contributed by atoms with Crippen LogP contribution in [0.25, 0.3) is 0 Å². The Balaban J connectivity index is 1.61. The van der Waals surface area contributed by atoms with Gasteiger partial charge in [0, 0.05) is 24.9 Å². The lowest BCUT2D eigenvalue weighted by atomic mass is 9.83. The van der Waals surface area contributed by atoms with Gasteiger partial charge in [-0.15, -0.1) is 0 Å². The number of urea groups is 1. The van der Waals surface area contributed by atoms with Crippen LogP contribution in [0.2, 0.25) is 0 Å². The van der Waals surface area contributed by atoms with E-state index in [1.54, 1.807) is 4.90 Å². The average molecular weight is 399 g/mol. The van der Waals surface area contributed by atoms with Crippen molar-refractivity contribution in [3.63, 3.8) is 0 Å². The highest BCUT2D eigenvalue weighted by molar-refractivity contribution is 5.72. The fourth-order valence-electron chi connectivity index (χ4n) is 4.09. The number of primary amides is 1. The molecule has 2 atom stereocenters. The highest BCUT2D eigenvalue weighted by Gasteiger charge is 2.29. The Bertz CT molecular complexity index is 807. The number of carbonyl (C=O) groups excluding carboxylic acids is 1. The number of amides is 2. The van der Waals surface area contributed by atoms with Crippen LogP contribution in [0.15, 0.2) is 28.8 Å². The van der Waals surface area contributed by atoms with Gasteiger partial charge in [0.05, 0.1) is 0 Å². The summed E-state index contributed by atoms with van der Waals surface area (Å²) in [7, 11) is 0. The zero-order chi connectivity index (χ0) is 21.0. The third-order valence-electron chi connectivity index (χ3n) is 5.80. The van der Waals surface area contributed by atoms with E-state index >= 15 is 0 Å². The first-order chi connectivity index (χ1) is 13.7. The molecule has 1 aromatic heterocycles. The van der Waals surface area contributed by atoms with Crippen LogP contribution in [-0.4, -0.2) is 34.2 Å². The second kappa shape index (κ2) is 8.97. The van der Waals surface area contributed by atoms with Crippen LogP contribution in [0.1, 0.15) is 63.4 Å². The zero-order valence-corrected chi connectivity index (χ0v) is 18.1. The van der Waals surface area contributed by atoms with E-state index in [0.717, 1.165) is 44.5 Å². The molecule has 0 bridgehead atoms. The van der Waals surface area contributed by atoms with Crippen molar-refractivity contribution in [2.45, 2.75) is 65.2 Å². The van der Waals surface area contributed by atoms with Crippen molar-refractivity contribution in [3.8, 4) is 0 Å². The number of aromatic nitrogens is 2. The lowest BCUT2D eigenvalue weighted by molar-refractivity contribution is 0.135. The van der Waals surface area contributed by atoms with E-state index in [9.17, 15) is 4.79 Å². The summed E-state index contributed by atoms with van der Waals surface area (Å²) in [4.78, 5) is 18.2. The summed E-state index contributed by atoms with van der Waals surface area (Å²) in [6.45, 7) is 9.83. The van der Waals surface area contributed by atoms with Gasteiger partial charge in [0.1, 0.15) is 0 Å². The number of hydrogen-bond donors (Lipinski definition) is 1. The molecule has 1 aromatic carbocycles. The van der Waals surface area contributed by atoms with Gasteiger partial charge in [-0.2, -0.15) is 4.98 Å². The molecule has 2 amide bonds. The molecule has 2 heterocycles. The van der Waals surface area contributed by atoms with E-state index in [1.807, 2.05) is 0 Å². The largest absolute Gasteiger partial charge is 0.351 e. The van der Waals surface area contributed by atoms with Crippen LogP contribution in [0.4, 0.5) is 4.79 Å². The van der Waals surface area contributed by atoms with Crippen molar-refractivity contribution in [1.82, 2.24) is 15.0 Å². The van der Waals surface area contributed by atoms with Gasteiger partial charge in [0.2, 0.25) is 5.89 Å². The van der Waals surface area contributed by atoms with Crippen molar-refractivity contribution in [1.29, 1.82) is 0 Å². The SMILES string of the molecule is CCc1ccc(CC2CC(CCc3nc(C(C)(C)C)no3)CN(C(N)=O)C2)cc1. The maximum Gasteiger partial charge on any atom is 0.314 e. The molecule has 0 aliphatic carbocycles. The zero-order valence-electron chi connectivity index (χ0n) is 18.1. The van der Waals surface area contributed by atoms with Crippen LogP contribution >= 0.6 is 0 Å². The minimum absolute atomic E-state index is 0.117. The number of likely N-dealkylation sites (tertiary alicyclic amines) is 1. The van der Waals surface area contributed by atoms with Crippen molar-refractivity contribution in [2.24, 2.45) is 17.6 Å². The summed E-state index contributed by atoms with van der Waals surface area (Å²) in [5.74, 6) is 2.23. The van der Waals surface area contributed by atoms with Gasteiger partial charge < -0.3 is 15.2 Å². The van der Waals surface area contributed by atoms with Crippen LogP contribution in [0, 0.1) is 11.8 Å². The Hall–Kier alpha value is -2.37. The van der Waals surface area contributed by atoms with Gasteiger partial charge in [0.15, 0.2) is 5.82 Å². The Kier molecular flexibility index (Phi) is 6.60. The molecular formula is C23H34N4O2. The van der Waals surface area contributed by atoms with E-state index < -0.39 is 0 Å². The van der Waals surface area contributed by atoms with E-state index in [2.05, 4.69) is 62.1 Å². The number of aryl methyl sites for hydroxylation is 2. The molecule has 2 unspecified atom stereocenters. The molecule has 6 nitrogen and oxygen atoms in total. The minimum Gasteiger partial charge on any atom is -0.351 e. The first-order valence-electron chi connectivity index (χ1n) is 10.7. The van der Waals surface area contributed by atoms with E-state index in [0.29, 0.717) is 24.3 Å². The van der Waals surface area contributed by atoms with Crippen LogP contribution in [0.3, 0.4) is 0 Å². The molecule has 2 aromatic rings. The first kappa shape index (κ1) is 21.3. The monoisotopic (exact) mass is 398 g/mol. The maximum absolute atomic E-state index is 11.9. The average Bonchev–Trinajstić information content (AvgIpc) is 3.16. The van der Waals surface area contributed by atoms with Gasteiger partial charge >= 0.3 is 6.03 Å². The molecule has 1 saturated heterocycles. The smallest absolute Gasteiger partial charge is 0.314 e. The summed E-state index contributed by atoms with van der Waals surface area (Å²) in [6.07, 6.45) is 4.76. The molecule has 0 radical (unpaired) electrons. The van der Waals surface area contributed by atoms with E-state index in [4.69, 9.17) is 10.3 Å². The Morgan fingerprint density at radius 1 is 1.17 bits per heavy atom. The van der Waals surface area contributed by atoms with Crippen molar-refractivity contribution in [2.75, 3.05) is 13.1 Å². The summed E-state index contributed by atoms with van der Waals surface area (Å²) in [6, 6.07) is 8.50. The highest BCUT2D eigenvalue weighted by atomic mass is 16.5. The third kappa shape index (κ3) is 5.81. The standard InChI is InChI=1S/C23H34N4O2/c1-5-16-6-8-17(9-7-16)12-19-13-18(14-27(15-19)22(24)28)10-11-20-25-21(26-29-20)23(2,3)4/h6-9,18-19H,5,10-15H2,1-4H3,(H2,24,28). The van der Waals surface area contributed by atoms with Gasteiger partial charge in [-0.3, -0.25) is 0 Å². The topological polar surface area (TPSA) is 85.2 Å². The molecule has 2 N–H and O–H groups in total. The summed E-state index contributed by atoms with van der Waals surface area (Å²) in [5.41, 5.74) is 8.18. The summed E-state index contributed by atoms with van der Waals surface area (Å²) < 4.78 is 5.43. The number of piperidine rings is 1. The number of benzene rings is 1. The highest BCUT2D eigenvalue weighted by Crippen LogP contribution is 2.28. The number of nitrogens with two attached hydrogens (primary N) is 1. The predicted octanol–water partition coefficient (Wildman–Crippen LogP) is 4.12. The number of nitrogens with zero attached hydrogens (tertiary/aromatic N) is 3. The van der Waals surface area contributed by atoms with Gasteiger partial charge in [0.25, 0.3) is 0 Å². The second-order valence-corrected chi connectivity index (χ2v) is 9.39. The van der Waals surface area contributed by atoms with Crippen LogP contribution < -0.4 is 5.73 Å². The molecule has 3 rings (SSSR count). The van der Waals surface area contributed by atoms with Gasteiger partial charge in [-0.05, 0) is 48.6 Å². The van der Waals surface area contributed by atoms with Crippen molar-refractivity contribution < 1.29 is 9.32 Å². The molecule has 6 heteroatoms. The molecule has 158 valence electrons. The molecule has 1 fully saturated rings. The normalized spacial score (nSPS) is 20.1. The van der Waals surface area contributed by atoms with Crippen molar-refractivity contribution >= 4 is 6.03 Å². The number of carbonyl (C=O) groups is 1. The number of hydrogen-bond acceptors (Lipinski definition) is 4. The Labute approximate surface area is 173 Å². The third-order valence-corrected chi connectivity index (χ3v) is 5.80. The Morgan fingerprint density at radius 2 is 1.83 bits per heavy atom. The van der Waals surface area contributed by atoms with E-state index in [-0.39, 0.29) is 11.4 Å². The quantitative estimate of drug-likeness (QED) is 0.793. The summed E-state index contributed by atoms with van der Waals surface area (Å²) >= 11 is 0. The summed E-state index contributed by atoms with van der Waals surface area (Å²) in [5, 5.41) is 4.11. The van der Waals surface area contributed by atoms with Crippen LogP contribution in [0.5, 0.6) is 0 Å². The molecule has 1 aliphatic rings. The maximum atomic E-state index is 11.9.